The molecule has 2 rings (SSSR count). The molecule has 0 heterocycles. The standard InChI is InChI=1S/C15H21BrFN/c1-18-15-6-4-2-3-5-12(15)9-11-7-8-13(17)10-14(11)16/h7-8,10,12,15,18H,2-6,9H2,1H3. The van der Waals surface area contributed by atoms with Crippen molar-refractivity contribution in [2.45, 2.75) is 44.6 Å². The minimum absolute atomic E-state index is 0.170. The summed E-state index contributed by atoms with van der Waals surface area (Å²) in [4.78, 5) is 0. The van der Waals surface area contributed by atoms with Crippen LogP contribution in [-0.4, -0.2) is 13.1 Å². The zero-order chi connectivity index (χ0) is 13.0. The van der Waals surface area contributed by atoms with Crippen molar-refractivity contribution in [1.29, 1.82) is 0 Å². The number of halogens is 2. The van der Waals surface area contributed by atoms with Crippen molar-refractivity contribution in [2.75, 3.05) is 7.05 Å². The Morgan fingerprint density at radius 3 is 2.78 bits per heavy atom. The second-order valence-corrected chi connectivity index (χ2v) is 6.09. The highest BCUT2D eigenvalue weighted by Gasteiger charge is 2.23. The fourth-order valence-corrected chi connectivity index (χ4v) is 3.49. The first-order valence-corrected chi connectivity index (χ1v) is 7.61. The maximum atomic E-state index is 13.1. The lowest BCUT2D eigenvalue weighted by Crippen LogP contribution is -2.33. The molecule has 1 N–H and O–H groups in total. The summed E-state index contributed by atoms with van der Waals surface area (Å²) in [5.74, 6) is 0.496. The molecule has 18 heavy (non-hydrogen) atoms. The quantitative estimate of drug-likeness (QED) is 0.820. The van der Waals surface area contributed by atoms with Gasteiger partial charge in [0.15, 0.2) is 0 Å². The van der Waals surface area contributed by atoms with Gasteiger partial charge in [-0.3, -0.25) is 0 Å². The first-order chi connectivity index (χ1) is 8.70. The third kappa shape index (κ3) is 3.55. The van der Waals surface area contributed by atoms with E-state index in [1.807, 2.05) is 6.07 Å². The molecule has 0 radical (unpaired) electrons. The molecule has 100 valence electrons. The molecule has 1 saturated carbocycles. The van der Waals surface area contributed by atoms with Crippen molar-refractivity contribution in [1.82, 2.24) is 5.32 Å². The Balaban J connectivity index is 2.10. The van der Waals surface area contributed by atoms with Crippen LogP contribution in [0.3, 0.4) is 0 Å². The van der Waals surface area contributed by atoms with Gasteiger partial charge in [-0.15, -0.1) is 0 Å². The summed E-state index contributed by atoms with van der Waals surface area (Å²) in [6.07, 6.45) is 7.56. The van der Waals surface area contributed by atoms with E-state index in [1.165, 1.54) is 37.7 Å². The highest BCUT2D eigenvalue weighted by molar-refractivity contribution is 9.10. The van der Waals surface area contributed by atoms with Gasteiger partial charge in [0, 0.05) is 10.5 Å². The van der Waals surface area contributed by atoms with Gasteiger partial charge in [0.2, 0.25) is 0 Å². The Morgan fingerprint density at radius 1 is 1.28 bits per heavy atom. The largest absolute Gasteiger partial charge is 0.317 e. The number of rotatable bonds is 3. The Bertz CT molecular complexity index is 394. The average molecular weight is 314 g/mol. The molecule has 1 nitrogen and oxygen atoms in total. The van der Waals surface area contributed by atoms with E-state index in [-0.39, 0.29) is 5.82 Å². The molecule has 1 aromatic rings. The minimum atomic E-state index is -0.170. The van der Waals surface area contributed by atoms with Crippen LogP contribution in [0.4, 0.5) is 4.39 Å². The Kier molecular flexibility index (Phi) is 5.19. The summed E-state index contributed by atoms with van der Waals surface area (Å²) in [7, 11) is 2.06. The monoisotopic (exact) mass is 313 g/mol. The van der Waals surface area contributed by atoms with Gasteiger partial charge in [0.1, 0.15) is 5.82 Å². The SMILES string of the molecule is CNC1CCCCCC1Cc1ccc(F)cc1Br. The molecule has 1 aliphatic carbocycles. The fourth-order valence-electron chi connectivity index (χ4n) is 2.98. The Morgan fingerprint density at radius 2 is 2.06 bits per heavy atom. The third-order valence-electron chi connectivity index (χ3n) is 4.03. The van der Waals surface area contributed by atoms with E-state index in [4.69, 9.17) is 0 Å². The number of hydrogen-bond acceptors (Lipinski definition) is 1. The van der Waals surface area contributed by atoms with Gasteiger partial charge in [0.05, 0.1) is 0 Å². The molecule has 2 unspecified atom stereocenters. The van der Waals surface area contributed by atoms with Crippen molar-refractivity contribution in [2.24, 2.45) is 5.92 Å². The average Bonchev–Trinajstić information content (AvgIpc) is 2.57. The predicted molar refractivity (Wildman–Crippen MR) is 77.2 cm³/mol. The first kappa shape index (κ1) is 14.0. The molecule has 0 amide bonds. The maximum absolute atomic E-state index is 13.1. The maximum Gasteiger partial charge on any atom is 0.124 e. The topological polar surface area (TPSA) is 12.0 Å². The van der Waals surface area contributed by atoms with E-state index in [9.17, 15) is 4.39 Å². The molecular formula is C15H21BrFN. The lowest BCUT2D eigenvalue weighted by atomic mass is 9.88. The van der Waals surface area contributed by atoms with E-state index in [1.54, 1.807) is 12.1 Å². The summed E-state index contributed by atoms with van der Waals surface area (Å²) < 4.78 is 14.0. The van der Waals surface area contributed by atoms with Gasteiger partial charge >= 0.3 is 0 Å². The summed E-state index contributed by atoms with van der Waals surface area (Å²) in [5, 5.41) is 3.46. The summed E-state index contributed by atoms with van der Waals surface area (Å²) in [6.45, 7) is 0. The minimum Gasteiger partial charge on any atom is -0.317 e. The van der Waals surface area contributed by atoms with E-state index in [0.29, 0.717) is 12.0 Å². The molecule has 0 saturated heterocycles. The molecular weight excluding hydrogens is 293 g/mol. The molecule has 0 aromatic heterocycles. The van der Waals surface area contributed by atoms with Crippen LogP contribution in [0.5, 0.6) is 0 Å². The Labute approximate surface area is 117 Å². The molecule has 1 aromatic carbocycles. The second kappa shape index (κ2) is 6.67. The molecule has 0 bridgehead atoms. The van der Waals surface area contributed by atoms with Crippen LogP contribution >= 0.6 is 15.9 Å². The molecule has 1 fully saturated rings. The van der Waals surface area contributed by atoms with Crippen LogP contribution in [-0.2, 0) is 6.42 Å². The lowest BCUT2D eigenvalue weighted by Gasteiger charge is -2.25. The normalized spacial score (nSPS) is 24.8. The van der Waals surface area contributed by atoms with Gasteiger partial charge in [-0.05, 0) is 49.9 Å². The van der Waals surface area contributed by atoms with Crippen molar-refractivity contribution in [3.05, 3.63) is 34.1 Å². The highest BCUT2D eigenvalue weighted by Crippen LogP contribution is 2.29. The molecule has 0 aliphatic heterocycles. The van der Waals surface area contributed by atoms with Gasteiger partial charge in [-0.2, -0.15) is 0 Å². The Hall–Kier alpha value is -0.410. The summed E-state index contributed by atoms with van der Waals surface area (Å²) >= 11 is 3.47. The van der Waals surface area contributed by atoms with Crippen molar-refractivity contribution in [3.8, 4) is 0 Å². The van der Waals surface area contributed by atoms with Crippen molar-refractivity contribution >= 4 is 15.9 Å². The zero-order valence-electron chi connectivity index (χ0n) is 10.9. The lowest BCUT2D eigenvalue weighted by molar-refractivity contribution is 0.349. The number of benzene rings is 1. The number of nitrogens with one attached hydrogen (secondary N) is 1. The molecule has 0 spiro atoms. The van der Waals surface area contributed by atoms with E-state index in [2.05, 4.69) is 28.3 Å². The fraction of sp³-hybridized carbons (Fsp3) is 0.600. The van der Waals surface area contributed by atoms with Crippen LogP contribution in [0.2, 0.25) is 0 Å². The van der Waals surface area contributed by atoms with E-state index >= 15 is 0 Å². The van der Waals surface area contributed by atoms with Crippen LogP contribution in [0, 0.1) is 11.7 Å². The van der Waals surface area contributed by atoms with Crippen molar-refractivity contribution in [3.63, 3.8) is 0 Å². The third-order valence-corrected chi connectivity index (χ3v) is 4.77. The molecule has 2 atom stereocenters. The summed E-state index contributed by atoms with van der Waals surface area (Å²) in [5.41, 5.74) is 1.23. The summed E-state index contributed by atoms with van der Waals surface area (Å²) in [6, 6.07) is 5.65. The van der Waals surface area contributed by atoms with Gasteiger partial charge < -0.3 is 5.32 Å². The predicted octanol–water partition coefficient (Wildman–Crippen LogP) is 4.30. The zero-order valence-corrected chi connectivity index (χ0v) is 12.5. The van der Waals surface area contributed by atoms with Gasteiger partial charge in [-0.1, -0.05) is 41.3 Å². The highest BCUT2D eigenvalue weighted by atomic mass is 79.9. The number of hydrogen-bond donors (Lipinski definition) is 1. The van der Waals surface area contributed by atoms with Crippen LogP contribution in [0.1, 0.15) is 37.7 Å². The second-order valence-electron chi connectivity index (χ2n) is 5.23. The van der Waals surface area contributed by atoms with E-state index in [0.717, 1.165) is 10.9 Å². The smallest absolute Gasteiger partial charge is 0.124 e. The van der Waals surface area contributed by atoms with Crippen LogP contribution in [0.25, 0.3) is 0 Å². The first-order valence-electron chi connectivity index (χ1n) is 6.82. The van der Waals surface area contributed by atoms with Crippen LogP contribution in [0.15, 0.2) is 22.7 Å². The van der Waals surface area contributed by atoms with Crippen LogP contribution < -0.4 is 5.32 Å². The molecule has 3 heteroatoms. The van der Waals surface area contributed by atoms with Crippen molar-refractivity contribution < 1.29 is 4.39 Å². The molecule has 1 aliphatic rings. The van der Waals surface area contributed by atoms with Gasteiger partial charge in [-0.25, -0.2) is 4.39 Å². The van der Waals surface area contributed by atoms with E-state index < -0.39 is 0 Å². The van der Waals surface area contributed by atoms with Gasteiger partial charge in [0.25, 0.3) is 0 Å².